The number of carbonyl (C=O) groups excluding carboxylic acids is 7. The first-order chi connectivity index (χ1) is 52.9. The normalized spacial score (nSPS) is 14.0. The summed E-state index contributed by atoms with van der Waals surface area (Å²) in [7, 11) is -7.03. The van der Waals surface area contributed by atoms with Gasteiger partial charge < -0.3 is 93.7 Å². The number of pyridine rings is 2. The lowest BCUT2D eigenvalue weighted by Crippen LogP contribution is -2.47. The molecule has 2 aliphatic heterocycles. The maximum atomic E-state index is 14.4. The first-order valence-corrected chi connectivity index (χ1v) is 39.8. The summed E-state index contributed by atoms with van der Waals surface area (Å²) in [6, 6.07) is 13.0. The Bertz CT molecular complexity index is 4240. The van der Waals surface area contributed by atoms with E-state index in [0.717, 1.165) is 22.8 Å². The number of para-hydroxylation sites is 1. The van der Waals surface area contributed by atoms with Crippen molar-refractivity contribution < 1.29 is 107 Å². The number of carbonyl (C=O) groups is 7. The van der Waals surface area contributed by atoms with E-state index in [1.54, 1.807) is 39.0 Å². The van der Waals surface area contributed by atoms with Crippen molar-refractivity contribution in [2.24, 2.45) is 5.73 Å². The Labute approximate surface area is 638 Å². The number of rotatable bonds is 51. The van der Waals surface area contributed by atoms with Crippen molar-refractivity contribution in [1.29, 1.82) is 0 Å². The smallest absolute Gasteiger partial charge is 0.457 e. The Kier molecular flexibility index (Phi) is 36.7. The molecular weight excluding hydrogens is 1480 g/mol. The number of cyclic esters (lactones) is 1. The third-order valence-corrected chi connectivity index (χ3v) is 19.2. The number of primary amides is 1. The molecule has 0 spiro atoms. The predicted molar refractivity (Wildman–Crippen MR) is 397 cm³/mol. The molecule has 3 aromatic heterocycles. The number of sulfonamides is 1. The van der Waals surface area contributed by atoms with Crippen LogP contribution in [-0.4, -0.2) is 252 Å². The first-order valence-electron chi connectivity index (χ1n) is 36.0. The molecule has 7 N–H and O–H groups in total. The minimum Gasteiger partial charge on any atom is -0.457 e. The van der Waals surface area contributed by atoms with Crippen LogP contribution in [0.2, 0.25) is 0 Å². The molecule has 0 saturated heterocycles. The zero-order chi connectivity index (χ0) is 79.3. The van der Waals surface area contributed by atoms with Gasteiger partial charge in [0.05, 0.1) is 147 Å². The molecule has 6 amide bonds. The summed E-state index contributed by atoms with van der Waals surface area (Å²) in [5.41, 5.74) is 7.10. The summed E-state index contributed by atoms with van der Waals surface area (Å²) in [5.74, 6) is 2.91. The summed E-state index contributed by atoms with van der Waals surface area (Å²) < 4.78 is 118. The molecule has 602 valence electrons. The quantitative estimate of drug-likeness (QED) is 0.0138. The van der Waals surface area contributed by atoms with Gasteiger partial charge in [-0.25, -0.2) is 46.2 Å². The van der Waals surface area contributed by atoms with Gasteiger partial charge in [0.1, 0.15) is 32.5 Å². The highest BCUT2D eigenvalue weighted by atomic mass is 32.2. The van der Waals surface area contributed by atoms with Crippen LogP contribution in [0.5, 0.6) is 0 Å². The fourth-order valence-electron chi connectivity index (χ4n) is 11.5. The summed E-state index contributed by atoms with van der Waals surface area (Å²) in [6.45, 7) is 10.0. The number of unbranched alkanes of at least 4 members (excludes halogenated alkanes) is 1. The van der Waals surface area contributed by atoms with E-state index in [4.69, 9.17) is 67.6 Å². The van der Waals surface area contributed by atoms with Gasteiger partial charge in [-0.2, -0.15) is 4.31 Å². The molecule has 0 aliphatic carbocycles. The molecular formula is C73H99N11O24S2. The van der Waals surface area contributed by atoms with Crippen LogP contribution in [0.25, 0.3) is 22.3 Å². The van der Waals surface area contributed by atoms with Crippen LogP contribution in [-0.2, 0) is 132 Å². The van der Waals surface area contributed by atoms with Crippen molar-refractivity contribution in [3.63, 3.8) is 0 Å². The molecule has 0 fully saturated rings. The second kappa shape index (κ2) is 45.9. The van der Waals surface area contributed by atoms with E-state index in [0.29, 0.717) is 158 Å². The van der Waals surface area contributed by atoms with E-state index in [1.807, 2.05) is 24.3 Å². The Balaban J connectivity index is 0.689. The highest BCUT2D eigenvalue weighted by Crippen LogP contribution is 2.42. The number of sulfone groups is 1. The molecule has 37 heteroatoms. The molecule has 2 aliphatic rings. The van der Waals surface area contributed by atoms with Crippen molar-refractivity contribution in [2.45, 2.75) is 108 Å². The van der Waals surface area contributed by atoms with Gasteiger partial charge in [0, 0.05) is 85.9 Å². The SMILES string of the molecule is CC[C@@]1(OC(=O)OCc2ccc(NC(=O)[C@H](CCCNC(N)=O)NC(=O)COCC(=O)NCCOCCOCCOCCOCCOCCOCCOCCOCCNC(=O)CCCC#Cc3cnc(S(C)(=O)=O)nc3)cc2)C(=O)OCc2c1cc1n(c2=O)Cc2c-1nc1ccccc1c2CCN(C(C)C)S(C)(=O)=O. The van der Waals surface area contributed by atoms with Gasteiger partial charge in [0.2, 0.25) is 54.2 Å². The van der Waals surface area contributed by atoms with Crippen LogP contribution in [0.1, 0.15) is 92.7 Å². The van der Waals surface area contributed by atoms with E-state index >= 15 is 0 Å². The van der Waals surface area contributed by atoms with Crippen LogP contribution in [0.3, 0.4) is 0 Å². The average molecular weight is 1580 g/mol. The van der Waals surface area contributed by atoms with Crippen LogP contribution in [0.15, 0.2) is 76.9 Å². The van der Waals surface area contributed by atoms with Gasteiger partial charge in [-0.1, -0.05) is 49.1 Å². The van der Waals surface area contributed by atoms with Crippen LogP contribution >= 0.6 is 0 Å². The Hall–Kier alpha value is -9.17. The van der Waals surface area contributed by atoms with Crippen LogP contribution in [0.4, 0.5) is 15.3 Å². The minimum atomic E-state index is -3.55. The fourth-order valence-corrected chi connectivity index (χ4v) is 13.1. The molecule has 0 unspecified atom stereocenters. The molecule has 2 atom stereocenters. The average Bonchev–Trinajstić information content (AvgIpc) is 1.50. The molecule has 110 heavy (non-hydrogen) atoms. The summed E-state index contributed by atoms with van der Waals surface area (Å²) in [6.07, 6.45) is 5.49. The number of amides is 6. The summed E-state index contributed by atoms with van der Waals surface area (Å²) in [5, 5.41) is 13.7. The van der Waals surface area contributed by atoms with Gasteiger partial charge in [0.15, 0.2) is 0 Å². The van der Waals surface area contributed by atoms with E-state index < -0.39 is 86.2 Å². The second-order valence-corrected chi connectivity index (χ2v) is 29.2. The maximum Gasteiger partial charge on any atom is 0.510 e. The number of benzene rings is 2. The van der Waals surface area contributed by atoms with Gasteiger partial charge in [0.25, 0.3) is 5.56 Å². The number of ether oxygens (including phenoxy) is 12. The van der Waals surface area contributed by atoms with Crippen molar-refractivity contribution in [3.05, 3.63) is 111 Å². The van der Waals surface area contributed by atoms with E-state index in [2.05, 4.69) is 48.4 Å². The van der Waals surface area contributed by atoms with Gasteiger partial charge >= 0.3 is 18.2 Å². The van der Waals surface area contributed by atoms with Crippen LogP contribution < -0.4 is 37.9 Å². The number of hydrogen-bond donors (Lipinski definition) is 6. The summed E-state index contributed by atoms with van der Waals surface area (Å²) >= 11 is 0. The molecule has 2 aromatic carbocycles. The number of aromatic nitrogens is 4. The molecule has 35 nitrogen and oxygen atoms in total. The summed E-state index contributed by atoms with van der Waals surface area (Å²) in [4.78, 5) is 117. The lowest BCUT2D eigenvalue weighted by Gasteiger charge is -2.35. The fraction of sp³-hybridized carbons (Fsp3) is 0.548. The van der Waals surface area contributed by atoms with Crippen molar-refractivity contribution in [2.75, 3.05) is 163 Å². The monoisotopic (exact) mass is 1580 g/mol. The number of esters is 1. The third-order valence-electron chi connectivity index (χ3n) is 16.8. The van der Waals surface area contributed by atoms with Crippen molar-refractivity contribution in [1.82, 2.24) is 45.1 Å². The van der Waals surface area contributed by atoms with Gasteiger partial charge in [-0.3, -0.25) is 24.0 Å². The van der Waals surface area contributed by atoms with E-state index in [9.17, 15) is 55.2 Å². The number of nitrogens with zero attached hydrogens (tertiary/aromatic N) is 5. The van der Waals surface area contributed by atoms with E-state index in [1.165, 1.54) is 39.7 Å². The Morgan fingerprint density at radius 1 is 0.700 bits per heavy atom. The first kappa shape index (κ1) is 88.0. The third kappa shape index (κ3) is 28.9. The molecule has 7 rings (SSSR count). The van der Waals surface area contributed by atoms with Gasteiger partial charge in [-0.15, -0.1) is 0 Å². The molecule has 5 heterocycles. The molecule has 0 saturated carbocycles. The number of nitrogens with two attached hydrogens (primary N) is 1. The molecule has 0 radical (unpaired) electrons. The maximum absolute atomic E-state index is 14.4. The number of hydrogen-bond acceptors (Lipinski definition) is 27. The highest BCUT2D eigenvalue weighted by molar-refractivity contribution is 7.90. The number of anilines is 1. The lowest BCUT2D eigenvalue weighted by molar-refractivity contribution is -0.175. The number of nitrogens with one attached hydrogen (secondary N) is 5. The topological polar surface area (TPSA) is 449 Å². The minimum absolute atomic E-state index is 0.0644. The zero-order valence-corrected chi connectivity index (χ0v) is 64.2. The Morgan fingerprint density at radius 3 is 1.84 bits per heavy atom. The lowest BCUT2D eigenvalue weighted by atomic mass is 9.85. The number of urea groups is 1. The standard InChI is InChI=1S/C73H99N11O24S2/c1-6-73(59-43-62-66-57(46-83(62)68(89)58(59)48-106-69(73)90)55(56-14-10-11-15-60(56)82-66)22-26-84(51(2)3)110(5,95)96)108-72(92)107-47-52-18-20-54(21-19-52)80-67(88)61(16-12-23-77-70(74)91)81-65(87)50-105-49-64(86)76-25-28-98-30-32-100-34-36-102-38-40-104-42-41-103-39-37-101-35-33-99-31-29-97-27-24-75-63(85)17-9-7-8-13-53-44-78-71(79-45-53)109(4,93)94/h10-11,14-15,18-21,43-45,51,61H,6-7,9,12,16-17,22-42,46-50H2,1-5H3,(H,75,85)(H,76,86)(H,80,88)(H,81,87)(H3,74,77,91)/t61-,73-/m0/s1. The number of fused-ring (bicyclic) bond motifs is 5. The van der Waals surface area contributed by atoms with Crippen molar-refractivity contribution >= 4 is 78.2 Å². The zero-order valence-electron chi connectivity index (χ0n) is 62.6. The van der Waals surface area contributed by atoms with Crippen molar-refractivity contribution in [3.8, 4) is 23.2 Å². The Morgan fingerprint density at radius 2 is 1.27 bits per heavy atom. The predicted octanol–water partition coefficient (Wildman–Crippen LogP) is 2.32. The van der Waals surface area contributed by atoms with E-state index in [-0.39, 0.29) is 100 Å². The molecule has 0 bridgehead atoms. The largest absolute Gasteiger partial charge is 0.510 e. The van der Waals surface area contributed by atoms with Gasteiger partial charge in [-0.05, 0) is 81.3 Å². The van der Waals surface area contributed by atoms with Crippen LogP contribution in [0, 0.1) is 11.8 Å². The second-order valence-electron chi connectivity index (χ2n) is 25.4. The highest BCUT2D eigenvalue weighted by Gasteiger charge is 2.51. The molecule has 5 aromatic rings.